The first-order valence-electron chi connectivity index (χ1n) is 6.38. The molecule has 21 heavy (non-hydrogen) atoms. The fourth-order valence-corrected chi connectivity index (χ4v) is 2.95. The standard InChI is InChI=1S/C13H17ClN2O4S/c1-20-8-5-12(15-7-8)13(17)16-11-6-9(21(2,18)19)3-4-10(11)14/h3-4,6,8,12,15H,5,7H2,1-2H3,(H,16,17). The molecule has 0 bridgehead atoms. The molecule has 1 aliphatic heterocycles. The summed E-state index contributed by atoms with van der Waals surface area (Å²) in [5.41, 5.74) is 0.284. The molecule has 0 aromatic heterocycles. The number of nitrogens with one attached hydrogen (secondary N) is 2. The van der Waals surface area contributed by atoms with Crippen LogP contribution in [0.15, 0.2) is 23.1 Å². The highest BCUT2D eigenvalue weighted by atomic mass is 35.5. The van der Waals surface area contributed by atoms with E-state index in [9.17, 15) is 13.2 Å². The van der Waals surface area contributed by atoms with Crippen LogP contribution < -0.4 is 10.6 Å². The van der Waals surface area contributed by atoms with Crippen molar-refractivity contribution >= 4 is 33.0 Å². The number of sulfone groups is 1. The second kappa shape index (κ2) is 6.31. The Bertz CT molecular complexity index is 648. The summed E-state index contributed by atoms with van der Waals surface area (Å²) in [5.74, 6) is -0.262. The normalized spacial score (nSPS) is 22.2. The van der Waals surface area contributed by atoms with Crippen LogP contribution in [0.2, 0.25) is 5.02 Å². The van der Waals surface area contributed by atoms with Gasteiger partial charge in [0.15, 0.2) is 9.84 Å². The van der Waals surface area contributed by atoms with Gasteiger partial charge in [0, 0.05) is 19.9 Å². The third-order valence-corrected chi connectivity index (χ3v) is 4.80. The number of methoxy groups -OCH3 is 1. The van der Waals surface area contributed by atoms with Crippen molar-refractivity contribution in [2.24, 2.45) is 0 Å². The summed E-state index contributed by atoms with van der Waals surface area (Å²) in [7, 11) is -1.76. The van der Waals surface area contributed by atoms with E-state index in [1.54, 1.807) is 7.11 Å². The Kier molecular flexibility index (Phi) is 4.88. The second-order valence-corrected chi connectivity index (χ2v) is 7.38. The molecule has 2 atom stereocenters. The Morgan fingerprint density at radius 1 is 1.48 bits per heavy atom. The fourth-order valence-electron chi connectivity index (χ4n) is 2.13. The molecule has 1 fully saturated rings. The SMILES string of the molecule is COC1CNC(C(=O)Nc2cc(S(C)(=O)=O)ccc2Cl)C1. The number of hydrogen-bond donors (Lipinski definition) is 2. The summed E-state index contributed by atoms with van der Waals surface area (Å²) in [6.45, 7) is 0.603. The van der Waals surface area contributed by atoms with E-state index in [1.807, 2.05) is 0 Å². The van der Waals surface area contributed by atoms with Crippen LogP contribution in [-0.2, 0) is 19.4 Å². The maximum atomic E-state index is 12.2. The van der Waals surface area contributed by atoms with Crippen LogP contribution in [0.4, 0.5) is 5.69 Å². The molecule has 8 heteroatoms. The molecule has 0 saturated carbocycles. The average Bonchev–Trinajstić information content (AvgIpc) is 2.88. The molecule has 0 aliphatic carbocycles. The van der Waals surface area contributed by atoms with Gasteiger partial charge < -0.3 is 15.4 Å². The van der Waals surface area contributed by atoms with Crippen LogP contribution in [0.25, 0.3) is 0 Å². The minimum absolute atomic E-state index is 0.00132. The van der Waals surface area contributed by atoms with Gasteiger partial charge in [-0.2, -0.15) is 0 Å². The number of benzene rings is 1. The van der Waals surface area contributed by atoms with E-state index < -0.39 is 9.84 Å². The van der Waals surface area contributed by atoms with Crippen LogP contribution >= 0.6 is 11.6 Å². The Labute approximate surface area is 128 Å². The van der Waals surface area contributed by atoms with E-state index in [1.165, 1.54) is 18.2 Å². The Morgan fingerprint density at radius 2 is 2.19 bits per heavy atom. The first-order valence-corrected chi connectivity index (χ1v) is 8.65. The van der Waals surface area contributed by atoms with Crippen molar-refractivity contribution in [3.05, 3.63) is 23.2 Å². The van der Waals surface area contributed by atoms with Crippen LogP contribution in [0.5, 0.6) is 0 Å². The van der Waals surface area contributed by atoms with Gasteiger partial charge in [0.05, 0.1) is 27.8 Å². The van der Waals surface area contributed by atoms with Gasteiger partial charge in [0.2, 0.25) is 5.91 Å². The highest BCUT2D eigenvalue weighted by Gasteiger charge is 2.29. The third-order valence-electron chi connectivity index (χ3n) is 3.36. The van der Waals surface area contributed by atoms with Gasteiger partial charge in [0.25, 0.3) is 0 Å². The number of amides is 1. The molecular formula is C13H17ClN2O4S. The lowest BCUT2D eigenvalue weighted by Crippen LogP contribution is -2.35. The highest BCUT2D eigenvalue weighted by Crippen LogP contribution is 2.26. The molecule has 1 aromatic rings. The van der Waals surface area contributed by atoms with E-state index in [-0.39, 0.29) is 33.7 Å². The maximum absolute atomic E-state index is 12.2. The van der Waals surface area contributed by atoms with E-state index in [2.05, 4.69) is 10.6 Å². The van der Waals surface area contributed by atoms with Gasteiger partial charge in [-0.1, -0.05) is 11.6 Å². The average molecular weight is 333 g/mol. The molecule has 1 aliphatic rings. The molecule has 6 nitrogen and oxygen atoms in total. The van der Waals surface area contributed by atoms with E-state index in [0.717, 1.165) is 6.26 Å². The van der Waals surface area contributed by atoms with Crippen molar-refractivity contribution in [1.29, 1.82) is 0 Å². The smallest absolute Gasteiger partial charge is 0.241 e. The number of carbonyl (C=O) groups is 1. The predicted octanol–water partition coefficient (Wildman–Crippen LogP) is 1.06. The number of halogens is 1. The molecule has 0 spiro atoms. The molecule has 2 unspecified atom stereocenters. The summed E-state index contributed by atoms with van der Waals surface area (Å²) in [6, 6.07) is 3.83. The van der Waals surface area contributed by atoms with Gasteiger partial charge in [-0.25, -0.2) is 8.42 Å². The summed E-state index contributed by atoms with van der Waals surface area (Å²) in [4.78, 5) is 12.3. The van der Waals surface area contributed by atoms with Gasteiger partial charge >= 0.3 is 0 Å². The summed E-state index contributed by atoms with van der Waals surface area (Å²) in [5, 5.41) is 5.99. The number of anilines is 1. The molecule has 2 rings (SSSR count). The summed E-state index contributed by atoms with van der Waals surface area (Å²) in [6.07, 6.45) is 1.66. The second-order valence-electron chi connectivity index (χ2n) is 4.96. The largest absolute Gasteiger partial charge is 0.380 e. The van der Waals surface area contributed by atoms with Crippen LogP contribution in [0, 0.1) is 0 Å². The molecule has 0 radical (unpaired) electrons. The molecule has 116 valence electrons. The first kappa shape index (κ1) is 16.2. The molecule has 1 heterocycles. The highest BCUT2D eigenvalue weighted by molar-refractivity contribution is 7.90. The van der Waals surface area contributed by atoms with E-state index in [4.69, 9.17) is 16.3 Å². The first-order chi connectivity index (χ1) is 9.81. The number of carbonyl (C=O) groups excluding carboxylic acids is 1. The lowest BCUT2D eigenvalue weighted by atomic mass is 10.2. The van der Waals surface area contributed by atoms with Crippen LogP contribution in [-0.4, -0.2) is 46.4 Å². The molecule has 1 amide bonds. The zero-order valence-electron chi connectivity index (χ0n) is 11.7. The lowest BCUT2D eigenvalue weighted by Gasteiger charge is -2.13. The van der Waals surface area contributed by atoms with Crippen molar-refractivity contribution in [2.45, 2.75) is 23.5 Å². The fraction of sp³-hybridized carbons (Fsp3) is 0.462. The minimum atomic E-state index is -3.36. The van der Waals surface area contributed by atoms with Crippen LogP contribution in [0.1, 0.15) is 6.42 Å². The topological polar surface area (TPSA) is 84.5 Å². The molecular weight excluding hydrogens is 316 g/mol. The van der Waals surface area contributed by atoms with Gasteiger partial charge in [-0.3, -0.25) is 4.79 Å². The Hall–Kier alpha value is -1.15. The molecule has 1 saturated heterocycles. The number of ether oxygens (including phenoxy) is 1. The zero-order valence-corrected chi connectivity index (χ0v) is 13.3. The number of hydrogen-bond acceptors (Lipinski definition) is 5. The van der Waals surface area contributed by atoms with Crippen molar-refractivity contribution in [3.63, 3.8) is 0 Å². The van der Waals surface area contributed by atoms with Crippen molar-refractivity contribution in [3.8, 4) is 0 Å². The Morgan fingerprint density at radius 3 is 2.76 bits per heavy atom. The molecule has 2 N–H and O–H groups in total. The van der Waals surface area contributed by atoms with Crippen LogP contribution in [0.3, 0.4) is 0 Å². The molecule has 1 aromatic carbocycles. The van der Waals surface area contributed by atoms with Gasteiger partial charge in [-0.15, -0.1) is 0 Å². The monoisotopic (exact) mass is 332 g/mol. The zero-order chi connectivity index (χ0) is 15.6. The Balaban J connectivity index is 2.14. The summed E-state index contributed by atoms with van der Waals surface area (Å²) >= 11 is 6.00. The quantitative estimate of drug-likeness (QED) is 0.861. The van der Waals surface area contributed by atoms with Crippen molar-refractivity contribution < 1.29 is 17.9 Å². The number of rotatable bonds is 4. The van der Waals surface area contributed by atoms with Crippen molar-refractivity contribution in [1.82, 2.24) is 5.32 Å². The van der Waals surface area contributed by atoms with Crippen molar-refractivity contribution in [2.75, 3.05) is 25.2 Å². The van der Waals surface area contributed by atoms with E-state index >= 15 is 0 Å². The predicted molar refractivity (Wildman–Crippen MR) is 80.4 cm³/mol. The van der Waals surface area contributed by atoms with E-state index in [0.29, 0.717) is 13.0 Å². The minimum Gasteiger partial charge on any atom is -0.380 e. The maximum Gasteiger partial charge on any atom is 0.241 e. The summed E-state index contributed by atoms with van der Waals surface area (Å²) < 4.78 is 28.3. The van der Waals surface area contributed by atoms with Gasteiger partial charge in [0.1, 0.15) is 0 Å². The van der Waals surface area contributed by atoms with Gasteiger partial charge in [-0.05, 0) is 24.6 Å². The third kappa shape index (κ3) is 3.94. The lowest BCUT2D eigenvalue weighted by molar-refractivity contribution is -0.118.